The van der Waals surface area contributed by atoms with Crippen LogP contribution in [0.2, 0.25) is 0 Å². The summed E-state index contributed by atoms with van der Waals surface area (Å²) in [7, 11) is 1.67. The van der Waals surface area contributed by atoms with Gasteiger partial charge in [0.15, 0.2) is 0 Å². The largest absolute Gasteiger partial charge is 0.497 e. The molecule has 2 aromatic carbocycles. The molecular weight excluding hydrogens is 350 g/mol. The Morgan fingerprint density at radius 1 is 1.00 bits per heavy atom. The summed E-state index contributed by atoms with van der Waals surface area (Å²) in [5.74, 6) is 2.22. The van der Waals surface area contributed by atoms with Crippen molar-refractivity contribution < 1.29 is 9.47 Å². The maximum absolute atomic E-state index is 6.36. The summed E-state index contributed by atoms with van der Waals surface area (Å²) in [6.45, 7) is 0.726. The first kappa shape index (κ1) is 17.0. The van der Waals surface area contributed by atoms with Crippen LogP contribution in [0.1, 0.15) is 25.7 Å². The standard InChI is InChI=1S/C23H23N3O2/c1-27-18-12-10-17(11-13-18)26-23(28-15-16-6-2-3-7-16)20-14-24-21-9-5-4-8-19(21)22(20)25-26/h4-5,8-14,16H,2-3,6-7,15H2,1H3. The maximum atomic E-state index is 6.36. The van der Waals surface area contributed by atoms with Gasteiger partial charge in [0.05, 0.1) is 30.3 Å². The monoisotopic (exact) mass is 373 g/mol. The number of methoxy groups -OCH3 is 1. The van der Waals surface area contributed by atoms with Crippen molar-refractivity contribution in [2.24, 2.45) is 5.92 Å². The summed E-state index contributed by atoms with van der Waals surface area (Å²) in [4.78, 5) is 4.63. The molecule has 28 heavy (non-hydrogen) atoms. The van der Waals surface area contributed by atoms with Crippen molar-refractivity contribution in [3.63, 3.8) is 0 Å². The van der Waals surface area contributed by atoms with Gasteiger partial charge in [-0.25, -0.2) is 0 Å². The molecule has 0 atom stereocenters. The van der Waals surface area contributed by atoms with Gasteiger partial charge in [0.2, 0.25) is 5.88 Å². The van der Waals surface area contributed by atoms with Crippen LogP contribution in [0.15, 0.2) is 54.7 Å². The molecule has 0 unspecified atom stereocenters. The minimum absolute atomic E-state index is 0.627. The van der Waals surface area contributed by atoms with Gasteiger partial charge >= 0.3 is 0 Å². The third kappa shape index (κ3) is 2.97. The minimum Gasteiger partial charge on any atom is -0.497 e. The average molecular weight is 373 g/mol. The zero-order valence-electron chi connectivity index (χ0n) is 16.0. The van der Waals surface area contributed by atoms with Gasteiger partial charge in [-0.15, -0.1) is 0 Å². The first-order chi connectivity index (χ1) is 13.8. The average Bonchev–Trinajstić information content (AvgIpc) is 3.40. The molecular formula is C23H23N3O2. The Hall–Kier alpha value is -3.08. The van der Waals surface area contributed by atoms with Crippen LogP contribution in [-0.2, 0) is 0 Å². The Morgan fingerprint density at radius 2 is 1.79 bits per heavy atom. The minimum atomic E-state index is 0.627. The van der Waals surface area contributed by atoms with E-state index in [0.29, 0.717) is 5.92 Å². The van der Waals surface area contributed by atoms with Gasteiger partial charge in [-0.3, -0.25) is 4.98 Å². The molecule has 142 valence electrons. The topological polar surface area (TPSA) is 49.2 Å². The van der Waals surface area contributed by atoms with Crippen LogP contribution in [0, 0.1) is 5.92 Å². The van der Waals surface area contributed by atoms with Crippen LogP contribution in [0.4, 0.5) is 0 Å². The molecule has 2 heterocycles. The van der Waals surface area contributed by atoms with Gasteiger partial charge in [0.1, 0.15) is 11.3 Å². The fourth-order valence-electron chi connectivity index (χ4n) is 4.06. The van der Waals surface area contributed by atoms with Crippen molar-refractivity contribution in [1.29, 1.82) is 0 Å². The predicted molar refractivity (Wildman–Crippen MR) is 110 cm³/mol. The van der Waals surface area contributed by atoms with Crippen LogP contribution in [-0.4, -0.2) is 28.5 Å². The van der Waals surface area contributed by atoms with Crippen molar-refractivity contribution in [3.05, 3.63) is 54.7 Å². The van der Waals surface area contributed by atoms with Gasteiger partial charge in [0.25, 0.3) is 0 Å². The highest BCUT2D eigenvalue weighted by molar-refractivity contribution is 6.05. The summed E-state index contributed by atoms with van der Waals surface area (Å²) in [6.07, 6.45) is 6.98. The van der Waals surface area contributed by atoms with Crippen molar-refractivity contribution in [3.8, 4) is 17.3 Å². The number of fused-ring (bicyclic) bond motifs is 3. The lowest BCUT2D eigenvalue weighted by Gasteiger charge is -2.13. The number of nitrogens with zero attached hydrogens (tertiary/aromatic N) is 3. The van der Waals surface area contributed by atoms with Crippen molar-refractivity contribution in [2.45, 2.75) is 25.7 Å². The molecule has 1 saturated carbocycles. The Bertz CT molecular complexity index is 1110. The van der Waals surface area contributed by atoms with Crippen LogP contribution in [0.5, 0.6) is 11.6 Å². The molecule has 0 N–H and O–H groups in total. The van der Waals surface area contributed by atoms with Crippen molar-refractivity contribution in [2.75, 3.05) is 13.7 Å². The zero-order chi connectivity index (χ0) is 18.9. The van der Waals surface area contributed by atoms with E-state index in [-0.39, 0.29) is 0 Å². The van der Waals surface area contributed by atoms with E-state index in [1.54, 1.807) is 7.11 Å². The summed E-state index contributed by atoms with van der Waals surface area (Å²) >= 11 is 0. The number of para-hydroxylation sites is 1. The van der Waals surface area contributed by atoms with Crippen molar-refractivity contribution >= 4 is 21.8 Å². The predicted octanol–water partition coefficient (Wildman–Crippen LogP) is 5.15. The smallest absolute Gasteiger partial charge is 0.226 e. The summed E-state index contributed by atoms with van der Waals surface area (Å²) < 4.78 is 13.6. The third-order valence-electron chi connectivity index (χ3n) is 5.62. The molecule has 0 radical (unpaired) electrons. The Labute approximate surface area is 163 Å². The third-order valence-corrected chi connectivity index (χ3v) is 5.62. The summed E-state index contributed by atoms with van der Waals surface area (Å²) in [5, 5.41) is 6.91. The number of aromatic nitrogens is 3. The molecule has 0 aliphatic heterocycles. The number of rotatable bonds is 5. The Balaban J connectivity index is 1.64. The van der Waals surface area contributed by atoms with Gasteiger partial charge in [-0.2, -0.15) is 9.78 Å². The van der Waals surface area contributed by atoms with Gasteiger partial charge in [-0.1, -0.05) is 31.0 Å². The van der Waals surface area contributed by atoms with E-state index in [1.165, 1.54) is 25.7 Å². The molecule has 1 aliphatic carbocycles. The number of ether oxygens (including phenoxy) is 2. The van der Waals surface area contributed by atoms with Gasteiger partial charge in [-0.05, 0) is 49.1 Å². The molecule has 0 amide bonds. The molecule has 4 aromatic rings. The van der Waals surface area contributed by atoms with Crippen LogP contribution in [0.3, 0.4) is 0 Å². The summed E-state index contributed by atoms with van der Waals surface area (Å²) in [5.41, 5.74) is 2.81. The lowest BCUT2D eigenvalue weighted by atomic mass is 10.1. The SMILES string of the molecule is COc1ccc(-n2nc3c(cnc4ccccc43)c2OCC2CCCC2)cc1. The molecule has 5 heteroatoms. The zero-order valence-corrected chi connectivity index (χ0v) is 16.0. The Morgan fingerprint density at radius 3 is 2.57 bits per heavy atom. The first-order valence-electron chi connectivity index (χ1n) is 9.87. The molecule has 0 spiro atoms. The number of hydrogen-bond donors (Lipinski definition) is 0. The van der Waals surface area contributed by atoms with Gasteiger partial charge in [0, 0.05) is 11.6 Å². The number of pyridine rings is 1. The molecule has 0 bridgehead atoms. The van der Waals surface area contributed by atoms with E-state index in [0.717, 1.165) is 45.7 Å². The van der Waals surface area contributed by atoms with Crippen LogP contribution < -0.4 is 9.47 Å². The van der Waals surface area contributed by atoms with E-state index in [4.69, 9.17) is 14.6 Å². The lowest BCUT2D eigenvalue weighted by Crippen LogP contribution is -2.11. The highest BCUT2D eigenvalue weighted by Gasteiger charge is 2.20. The van der Waals surface area contributed by atoms with Crippen LogP contribution in [0.25, 0.3) is 27.5 Å². The fraction of sp³-hybridized carbons (Fsp3) is 0.304. The van der Waals surface area contributed by atoms with E-state index in [9.17, 15) is 0 Å². The molecule has 5 nitrogen and oxygen atoms in total. The normalized spacial score (nSPS) is 14.8. The quantitative estimate of drug-likeness (QED) is 0.485. The molecule has 5 rings (SSSR count). The molecule has 1 aliphatic rings. The second kappa shape index (κ2) is 7.15. The first-order valence-corrected chi connectivity index (χ1v) is 9.87. The van der Waals surface area contributed by atoms with Crippen LogP contribution >= 0.6 is 0 Å². The highest BCUT2D eigenvalue weighted by Crippen LogP contribution is 2.34. The highest BCUT2D eigenvalue weighted by atomic mass is 16.5. The molecule has 1 fully saturated rings. The summed E-state index contributed by atoms with van der Waals surface area (Å²) in [6, 6.07) is 16.0. The molecule has 2 aromatic heterocycles. The van der Waals surface area contributed by atoms with Gasteiger partial charge < -0.3 is 9.47 Å². The van der Waals surface area contributed by atoms with E-state index in [2.05, 4.69) is 11.1 Å². The lowest BCUT2D eigenvalue weighted by molar-refractivity contribution is 0.240. The Kier molecular flexibility index (Phi) is 4.35. The fourth-order valence-corrected chi connectivity index (χ4v) is 4.06. The van der Waals surface area contributed by atoms with E-state index < -0.39 is 0 Å². The van der Waals surface area contributed by atoms with E-state index in [1.807, 2.05) is 53.3 Å². The van der Waals surface area contributed by atoms with Crippen molar-refractivity contribution in [1.82, 2.24) is 14.8 Å². The second-order valence-electron chi connectivity index (χ2n) is 7.41. The second-order valence-corrected chi connectivity index (χ2v) is 7.41. The van der Waals surface area contributed by atoms with E-state index >= 15 is 0 Å². The maximum Gasteiger partial charge on any atom is 0.226 e. The number of hydrogen-bond acceptors (Lipinski definition) is 4. The molecule has 0 saturated heterocycles. The number of benzene rings is 2.